The zero-order valence-electron chi connectivity index (χ0n) is 24.1. The predicted molar refractivity (Wildman–Crippen MR) is 170 cm³/mol. The number of rotatable bonds is 4. The van der Waals surface area contributed by atoms with Gasteiger partial charge in [-0.05, 0) is 58.7 Å². The van der Waals surface area contributed by atoms with Crippen molar-refractivity contribution in [1.29, 1.82) is 0 Å². The van der Waals surface area contributed by atoms with Gasteiger partial charge in [-0.2, -0.15) is 0 Å². The number of amides is 2. The number of nitro groups is 1. The number of imide groups is 1. The molecule has 7 nitrogen and oxygen atoms in total. The first-order valence-corrected chi connectivity index (χ1v) is 14.7. The Morgan fingerprint density at radius 1 is 0.795 bits per heavy atom. The fraction of sp³-hybridized carbons (Fsp3) is 0.162. The van der Waals surface area contributed by atoms with Gasteiger partial charge in [-0.15, -0.1) is 0 Å². The summed E-state index contributed by atoms with van der Waals surface area (Å²) in [5.41, 5.74) is 5.50. The van der Waals surface area contributed by atoms with Crippen LogP contribution in [0.3, 0.4) is 0 Å². The molecule has 0 aromatic heterocycles. The van der Waals surface area contributed by atoms with Crippen LogP contribution >= 0.6 is 0 Å². The molecule has 2 bridgehead atoms. The highest BCUT2D eigenvalue weighted by molar-refractivity contribution is 6.27. The summed E-state index contributed by atoms with van der Waals surface area (Å²) in [6.45, 7) is 3.61. The van der Waals surface area contributed by atoms with Gasteiger partial charge in [0.1, 0.15) is 0 Å². The molecule has 0 radical (unpaired) electrons. The van der Waals surface area contributed by atoms with Crippen molar-refractivity contribution in [3.63, 3.8) is 0 Å². The monoisotopic (exact) mass is 577 g/mol. The van der Waals surface area contributed by atoms with Crippen molar-refractivity contribution in [3.05, 3.63) is 147 Å². The van der Waals surface area contributed by atoms with E-state index in [2.05, 4.69) is 12.1 Å². The summed E-state index contributed by atoms with van der Waals surface area (Å²) in [7, 11) is 0. The summed E-state index contributed by atoms with van der Waals surface area (Å²) in [4.78, 5) is 47.0. The molecule has 214 valence electrons. The van der Waals surface area contributed by atoms with Crippen LogP contribution in [0.1, 0.15) is 39.3 Å². The molecule has 4 aliphatic rings. The van der Waals surface area contributed by atoms with Crippen molar-refractivity contribution in [2.75, 3.05) is 4.90 Å². The van der Waals surface area contributed by atoms with E-state index in [1.807, 2.05) is 85.1 Å². The number of nitrogens with zero attached hydrogens (tertiary/aromatic N) is 3. The van der Waals surface area contributed by atoms with Crippen LogP contribution in [0.2, 0.25) is 0 Å². The number of benzene rings is 5. The van der Waals surface area contributed by atoms with Crippen molar-refractivity contribution in [1.82, 2.24) is 0 Å². The van der Waals surface area contributed by atoms with Crippen LogP contribution in [0.5, 0.6) is 0 Å². The standard InChI is InChI=1S/C37H27N3O4/c1-21-18-24(40(43)44)19-22(2)34(21)38-20-37-28-15-7-5-13-26(28)31(27-14-6-8-16-29(27)37)32-33(37)36(42)39(35(32)41)30-17-9-11-23-10-3-4-12-25(23)30/h3-20,31-33H,1-2H3/t31?,32-,33-,37?/m1/s1. The van der Waals surface area contributed by atoms with Gasteiger partial charge < -0.3 is 0 Å². The number of hydrogen-bond donors (Lipinski definition) is 0. The van der Waals surface area contributed by atoms with Gasteiger partial charge in [-0.25, -0.2) is 4.90 Å². The Bertz CT molecular complexity index is 2040. The van der Waals surface area contributed by atoms with E-state index in [4.69, 9.17) is 4.99 Å². The minimum absolute atomic E-state index is 0.00772. The lowest BCUT2D eigenvalue weighted by molar-refractivity contribution is -0.384. The number of hydrogen-bond acceptors (Lipinski definition) is 5. The van der Waals surface area contributed by atoms with E-state index >= 15 is 0 Å². The molecule has 1 aliphatic heterocycles. The molecule has 0 unspecified atom stereocenters. The number of carbonyl (C=O) groups is 2. The molecule has 2 amide bonds. The first-order chi connectivity index (χ1) is 21.3. The number of aryl methyl sites for hydroxylation is 2. The van der Waals surface area contributed by atoms with Gasteiger partial charge >= 0.3 is 0 Å². The van der Waals surface area contributed by atoms with Gasteiger partial charge in [0.05, 0.1) is 33.5 Å². The first-order valence-electron chi connectivity index (χ1n) is 14.7. The molecule has 5 aromatic rings. The second-order valence-corrected chi connectivity index (χ2v) is 12.0. The van der Waals surface area contributed by atoms with E-state index in [0.29, 0.717) is 22.5 Å². The van der Waals surface area contributed by atoms with Crippen LogP contribution in [0.15, 0.2) is 108 Å². The first kappa shape index (κ1) is 26.2. The summed E-state index contributed by atoms with van der Waals surface area (Å²) in [6.07, 6.45) is 1.84. The highest BCUT2D eigenvalue weighted by atomic mass is 16.6. The quantitative estimate of drug-likeness (QED) is 0.0968. The highest BCUT2D eigenvalue weighted by Crippen LogP contribution is 2.64. The Kier molecular flexibility index (Phi) is 5.53. The summed E-state index contributed by atoms with van der Waals surface area (Å²) >= 11 is 0. The molecule has 1 fully saturated rings. The Morgan fingerprint density at radius 3 is 2.05 bits per heavy atom. The minimum Gasteiger partial charge on any atom is -0.274 e. The lowest BCUT2D eigenvalue weighted by Crippen LogP contribution is -2.54. The van der Waals surface area contributed by atoms with Gasteiger partial charge in [0.25, 0.3) is 5.69 Å². The number of aliphatic imine (C=N–C) groups is 1. The number of carbonyl (C=O) groups excluding carboxylic acids is 2. The molecule has 5 aromatic carbocycles. The number of non-ortho nitro benzene ring substituents is 1. The van der Waals surface area contributed by atoms with Crippen LogP contribution in [-0.2, 0) is 15.0 Å². The largest absolute Gasteiger partial charge is 0.274 e. The molecular weight excluding hydrogens is 550 g/mol. The molecule has 0 saturated carbocycles. The highest BCUT2D eigenvalue weighted by Gasteiger charge is 2.68. The Balaban J connectivity index is 1.39. The smallest absolute Gasteiger partial charge is 0.270 e. The van der Waals surface area contributed by atoms with E-state index in [1.54, 1.807) is 13.8 Å². The minimum atomic E-state index is -1.03. The predicted octanol–water partition coefficient (Wildman–Crippen LogP) is 7.32. The summed E-state index contributed by atoms with van der Waals surface area (Å²) in [5.74, 6) is -2.05. The summed E-state index contributed by atoms with van der Waals surface area (Å²) < 4.78 is 0. The summed E-state index contributed by atoms with van der Waals surface area (Å²) in [6, 6.07) is 32.7. The maximum atomic E-state index is 14.8. The van der Waals surface area contributed by atoms with E-state index in [-0.39, 0.29) is 23.4 Å². The van der Waals surface area contributed by atoms with Gasteiger partial charge in [0.15, 0.2) is 0 Å². The van der Waals surface area contributed by atoms with Crippen molar-refractivity contribution >= 4 is 45.9 Å². The summed E-state index contributed by atoms with van der Waals surface area (Å²) in [5, 5.41) is 13.3. The number of fused-ring (bicyclic) bond motifs is 1. The van der Waals surface area contributed by atoms with Crippen molar-refractivity contribution < 1.29 is 14.5 Å². The fourth-order valence-electron chi connectivity index (χ4n) is 8.10. The SMILES string of the molecule is Cc1cc([N+](=O)[O-])cc(C)c1N=CC12c3ccccc3C(c3ccccc31)[C@H]1C(=O)N(c3cccc4ccccc34)C(=O)[C@@H]12. The van der Waals surface area contributed by atoms with Gasteiger partial charge in [-0.3, -0.25) is 24.7 Å². The second-order valence-electron chi connectivity index (χ2n) is 12.0. The molecule has 2 atom stereocenters. The van der Waals surface area contributed by atoms with Crippen molar-refractivity contribution in [2.24, 2.45) is 16.8 Å². The Morgan fingerprint density at radius 2 is 1.39 bits per heavy atom. The molecule has 9 rings (SSSR count). The third-order valence-corrected chi connectivity index (χ3v) is 9.78. The maximum Gasteiger partial charge on any atom is 0.270 e. The average molecular weight is 578 g/mol. The van der Waals surface area contributed by atoms with Crippen LogP contribution < -0.4 is 4.90 Å². The number of anilines is 1. The van der Waals surface area contributed by atoms with Crippen LogP contribution in [0.4, 0.5) is 17.1 Å². The normalized spacial score (nSPS) is 23.2. The average Bonchev–Trinajstić information content (AvgIpc) is 3.30. The zero-order valence-corrected chi connectivity index (χ0v) is 24.1. The molecule has 44 heavy (non-hydrogen) atoms. The molecular formula is C37H27N3O4. The zero-order chi connectivity index (χ0) is 30.3. The van der Waals surface area contributed by atoms with Gasteiger partial charge in [0.2, 0.25) is 11.8 Å². The van der Waals surface area contributed by atoms with E-state index in [0.717, 1.165) is 33.0 Å². The second kappa shape index (κ2) is 9.28. The molecule has 3 aliphatic carbocycles. The van der Waals surface area contributed by atoms with Crippen molar-refractivity contribution in [3.8, 4) is 0 Å². The van der Waals surface area contributed by atoms with Crippen molar-refractivity contribution in [2.45, 2.75) is 25.2 Å². The molecule has 0 N–H and O–H groups in total. The molecule has 7 heteroatoms. The number of nitro benzene ring substituents is 1. The van der Waals surface area contributed by atoms with Crippen LogP contribution in [-0.4, -0.2) is 23.0 Å². The maximum absolute atomic E-state index is 14.8. The Hall–Kier alpha value is -5.43. The third kappa shape index (κ3) is 3.35. The lowest BCUT2D eigenvalue weighted by Gasteiger charge is -2.52. The van der Waals surface area contributed by atoms with Gasteiger partial charge in [-0.1, -0.05) is 84.9 Å². The van der Waals surface area contributed by atoms with Gasteiger partial charge in [0, 0.05) is 29.7 Å². The fourth-order valence-corrected chi connectivity index (χ4v) is 8.10. The topological polar surface area (TPSA) is 92.9 Å². The third-order valence-electron chi connectivity index (χ3n) is 9.78. The lowest BCUT2D eigenvalue weighted by atomic mass is 9.47. The van der Waals surface area contributed by atoms with E-state index in [9.17, 15) is 19.7 Å². The molecule has 0 spiro atoms. The Labute approximate surface area is 253 Å². The van der Waals surface area contributed by atoms with E-state index in [1.165, 1.54) is 17.0 Å². The molecule has 1 heterocycles. The molecule has 1 saturated heterocycles. The van der Waals surface area contributed by atoms with E-state index < -0.39 is 22.2 Å². The van der Waals surface area contributed by atoms with Crippen LogP contribution in [0.25, 0.3) is 10.8 Å². The van der Waals surface area contributed by atoms with Crippen LogP contribution in [0, 0.1) is 35.8 Å².